The molecule has 2 aromatic carbocycles. The van der Waals surface area contributed by atoms with Crippen LogP contribution in [0.5, 0.6) is 5.75 Å². The van der Waals surface area contributed by atoms with Crippen LogP contribution in [-0.4, -0.2) is 46.4 Å². The van der Waals surface area contributed by atoms with E-state index in [4.69, 9.17) is 16.3 Å². The zero-order valence-electron chi connectivity index (χ0n) is 14.4. The first-order chi connectivity index (χ1) is 12.2. The van der Waals surface area contributed by atoms with Gasteiger partial charge in [-0.05, 0) is 42.5 Å². The summed E-state index contributed by atoms with van der Waals surface area (Å²) in [5.74, 6) is -0.548. The van der Waals surface area contributed by atoms with Crippen molar-refractivity contribution in [2.24, 2.45) is 0 Å². The third-order valence-corrected chi connectivity index (χ3v) is 5.87. The van der Waals surface area contributed by atoms with Gasteiger partial charge in [0.2, 0.25) is 15.9 Å². The molecule has 0 N–H and O–H groups in total. The zero-order valence-corrected chi connectivity index (χ0v) is 16.0. The first-order valence-corrected chi connectivity index (χ1v) is 9.30. The van der Waals surface area contributed by atoms with E-state index in [0.29, 0.717) is 11.4 Å². The molecule has 0 saturated heterocycles. The number of nitrogens with zero attached hydrogens (tertiary/aromatic N) is 2. The lowest BCUT2D eigenvalue weighted by molar-refractivity contribution is -0.118. The Kier molecular flexibility index (Phi) is 6.22. The second-order valence-electron chi connectivity index (χ2n) is 5.49. The SMILES string of the molecule is COc1ccc(S(=O)(=O)N(C)CC(=O)N(C)c2ccc(F)cc2)cc1Cl. The van der Waals surface area contributed by atoms with Gasteiger partial charge in [-0.25, -0.2) is 12.8 Å². The van der Waals surface area contributed by atoms with E-state index in [1.165, 1.54) is 68.6 Å². The number of hydrogen-bond donors (Lipinski definition) is 0. The fourth-order valence-corrected chi connectivity index (χ4v) is 3.65. The van der Waals surface area contributed by atoms with E-state index in [1.807, 2.05) is 0 Å². The van der Waals surface area contributed by atoms with Gasteiger partial charge < -0.3 is 9.64 Å². The lowest BCUT2D eigenvalue weighted by Crippen LogP contribution is -2.39. The molecule has 0 saturated carbocycles. The smallest absolute Gasteiger partial charge is 0.243 e. The number of anilines is 1. The summed E-state index contributed by atoms with van der Waals surface area (Å²) < 4.78 is 44.2. The predicted octanol–water partition coefficient (Wildman–Crippen LogP) is 2.77. The normalized spacial score (nSPS) is 11.5. The second kappa shape index (κ2) is 8.03. The molecule has 140 valence electrons. The fourth-order valence-electron chi connectivity index (χ4n) is 2.18. The summed E-state index contributed by atoms with van der Waals surface area (Å²) in [5.41, 5.74) is 0.453. The van der Waals surface area contributed by atoms with E-state index in [1.54, 1.807) is 0 Å². The van der Waals surface area contributed by atoms with Crippen molar-refractivity contribution < 1.29 is 22.3 Å². The zero-order chi connectivity index (χ0) is 19.5. The average molecular weight is 401 g/mol. The van der Waals surface area contributed by atoms with Crippen LogP contribution in [-0.2, 0) is 14.8 Å². The maximum atomic E-state index is 13.0. The fraction of sp³-hybridized carbons (Fsp3) is 0.235. The van der Waals surface area contributed by atoms with E-state index in [0.717, 1.165) is 4.31 Å². The Bertz CT molecular complexity index is 903. The van der Waals surface area contributed by atoms with Gasteiger partial charge in [0.05, 0.1) is 23.6 Å². The molecule has 0 spiro atoms. The Hall–Kier alpha value is -2.16. The summed E-state index contributed by atoms with van der Waals surface area (Å²) in [5, 5.41) is 0.150. The maximum absolute atomic E-state index is 13.0. The standard InChI is InChI=1S/C17H18ClFN2O4S/c1-20(11-17(22)21(2)13-6-4-12(19)5-7-13)26(23,24)14-8-9-16(25-3)15(18)10-14/h4-10H,11H2,1-3H3. The molecule has 2 aromatic rings. The number of carbonyl (C=O) groups excluding carboxylic acids is 1. The van der Waals surface area contributed by atoms with Crippen molar-refractivity contribution in [2.45, 2.75) is 4.90 Å². The van der Waals surface area contributed by atoms with Gasteiger partial charge in [-0.3, -0.25) is 4.79 Å². The van der Waals surface area contributed by atoms with Crippen molar-refractivity contribution in [1.82, 2.24) is 4.31 Å². The number of sulfonamides is 1. The molecule has 2 rings (SSSR count). The molecule has 9 heteroatoms. The highest BCUT2D eigenvalue weighted by Crippen LogP contribution is 2.28. The highest BCUT2D eigenvalue weighted by atomic mass is 35.5. The van der Waals surface area contributed by atoms with Crippen LogP contribution in [0.25, 0.3) is 0 Å². The Morgan fingerprint density at radius 3 is 2.31 bits per heavy atom. The largest absolute Gasteiger partial charge is 0.495 e. The number of likely N-dealkylation sites (N-methyl/N-ethyl adjacent to an activating group) is 2. The molecule has 0 unspecified atom stereocenters. The first kappa shape index (κ1) is 20.2. The summed E-state index contributed by atoms with van der Waals surface area (Å²) in [6.07, 6.45) is 0. The first-order valence-electron chi connectivity index (χ1n) is 7.49. The van der Waals surface area contributed by atoms with Crippen LogP contribution in [0.4, 0.5) is 10.1 Å². The van der Waals surface area contributed by atoms with Gasteiger partial charge in [0, 0.05) is 19.8 Å². The van der Waals surface area contributed by atoms with Crippen LogP contribution in [0.2, 0.25) is 5.02 Å². The number of hydrogen-bond acceptors (Lipinski definition) is 4. The molecule has 1 amide bonds. The number of benzene rings is 2. The van der Waals surface area contributed by atoms with Crippen LogP contribution < -0.4 is 9.64 Å². The van der Waals surface area contributed by atoms with E-state index in [2.05, 4.69) is 0 Å². The molecule has 0 aliphatic carbocycles. The number of rotatable bonds is 6. The molecular weight excluding hydrogens is 383 g/mol. The molecule has 0 aliphatic heterocycles. The van der Waals surface area contributed by atoms with E-state index in [9.17, 15) is 17.6 Å². The van der Waals surface area contributed by atoms with Crippen molar-refractivity contribution in [1.29, 1.82) is 0 Å². The summed E-state index contributed by atoms with van der Waals surface area (Å²) in [7, 11) is 0.286. The highest BCUT2D eigenvalue weighted by Gasteiger charge is 2.25. The van der Waals surface area contributed by atoms with E-state index < -0.39 is 21.7 Å². The van der Waals surface area contributed by atoms with Crippen LogP contribution in [0.1, 0.15) is 0 Å². The maximum Gasteiger partial charge on any atom is 0.243 e. The number of carbonyl (C=O) groups is 1. The molecule has 0 heterocycles. The van der Waals surface area contributed by atoms with Gasteiger partial charge in [0.25, 0.3) is 0 Å². The van der Waals surface area contributed by atoms with Crippen LogP contribution >= 0.6 is 11.6 Å². The second-order valence-corrected chi connectivity index (χ2v) is 7.94. The van der Waals surface area contributed by atoms with Crippen LogP contribution in [0.15, 0.2) is 47.4 Å². The monoisotopic (exact) mass is 400 g/mol. The molecule has 0 fully saturated rings. The minimum Gasteiger partial charge on any atom is -0.495 e. The van der Waals surface area contributed by atoms with Gasteiger partial charge in [-0.2, -0.15) is 4.31 Å². The van der Waals surface area contributed by atoms with Crippen molar-refractivity contribution in [3.8, 4) is 5.75 Å². The van der Waals surface area contributed by atoms with Gasteiger partial charge in [0.15, 0.2) is 0 Å². The third kappa shape index (κ3) is 4.32. The summed E-state index contributed by atoms with van der Waals surface area (Å²) >= 11 is 5.98. The number of methoxy groups -OCH3 is 1. The summed E-state index contributed by atoms with van der Waals surface area (Å²) in [4.78, 5) is 13.6. The van der Waals surface area contributed by atoms with Crippen LogP contribution in [0, 0.1) is 5.82 Å². The van der Waals surface area contributed by atoms with Crippen molar-refractivity contribution in [2.75, 3.05) is 32.6 Å². The Morgan fingerprint density at radius 2 is 1.77 bits per heavy atom. The minimum absolute atomic E-state index is 0.0527. The lowest BCUT2D eigenvalue weighted by Gasteiger charge is -2.22. The molecule has 0 bridgehead atoms. The lowest BCUT2D eigenvalue weighted by atomic mass is 10.3. The van der Waals surface area contributed by atoms with E-state index in [-0.39, 0.29) is 16.5 Å². The average Bonchev–Trinajstić information content (AvgIpc) is 2.61. The molecule has 6 nitrogen and oxygen atoms in total. The number of halogens is 2. The molecule has 0 radical (unpaired) electrons. The van der Waals surface area contributed by atoms with E-state index >= 15 is 0 Å². The minimum atomic E-state index is -3.92. The quantitative estimate of drug-likeness (QED) is 0.747. The number of ether oxygens (including phenoxy) is 1. The predicted molar refractivity (Wildman–Crippen MR) is 97.6 cm³/mol. The molecule has 0 aromatic heterocycles. The summed E-state index contributed by atoms with van der Waals surface area (Å²) in [6.45, 7) is -0.389. The van der Waals surface area contributed by atoms with Gasteiger partial charge in [-0.1, -0.05) is 11.6 Å². The number of amides is 1. The molecule has 0 atom stereocenters. The Balaban J connectivity index is 2.16. The Labute approximate surface area is 156 Å². The van der Waals surface area contributed by atoms with Gasteiger partial charge in [0.1, 0.15) is 11.6 Å². The van der Waals surface area contributed by atoms with Crippen molar-refractivity contribution >= 4 is 33.2 Å². The van der Waals surface area contributed by atoms with Gasteiger partial charge in [-0.15, -0.1) is 0 Å². The highest BCUT2D eigenvalue weighted by molar-refractivity contribution is 7.89. The molecule has 0 aliphatic rings. The van der Waals surface area contributed by atoms with Crippen molar-refractivity contribution in [3.63, 3.8) is 0 Å². The topological polar surface area (TPSA) is 66.9 Å². The summed E-state index contributed by atoms with van der Waals surface area (Å²) in [6, 6.07) is 9.37. The van der Waals surface area contributed by atoms with Gasteiger partial charge >= 0.3 is 0 Å². The molecular formula is C17H18ClFN2O4S. The van der Waals surface area contributed by atoms with Crippen molar-refractivity contribution in [3.05, 3.63) is 53.3 Å². The van der Waals surface area contributed by atoms with Crippen LogP contribution in [0.3, 0.4) is 0 Å². The third-order valence-electron chi connectivity index (χ3n) is 3.78. The Morgan fingerprint density at radius 1 is 1.15 bits per heavy atom. The molecule has 26 heavy (non-hydrogen) atoms.